The molecule has 0 heterocycles. The molecule has 2 heteroatoms. The number of rotatable bonds is 4. The van der Waals surface area contributed by atoms with Gasteiger partial charge in [-0.25, -0.2) is 0 Å². The van der Waals surface area contributed by atoms with Gasteiger partial charge < -0.3 is 4.74 Å². The number of Topliss-reactive ketones (excluding diaryl/α,β-unsaturated/α-hetero) is 1. The lowest BCUT2D eigenvalue weighted by molar-refractivity contribution is -0.123. The third kappa shape index (κ3) is 3.34. The van der Waals surface area contributed by atoms with Gasteiger partial charge >= 0.3 is 0 Å². The second kappa shape index (κ2) is 6.03. The predicted octanol–water partition coefficient (Wildman–Crippen LogP) is 3.63. The highest BCUT2D eigenvalue weighted by Crippen LogP contribution is 2.29. The summed E-state index contributed by atoms with van der Waals surface area (Å²) in [6, 6.07) is 7.82. The van der Waals surface area contributed by atoms with Crippen LogP contribution in [0.25, 0.3) is 0 Å². The van der Waals surface area contributed by atoms with Crippen LogP contribution in [0.5, 0.6) is 5.75 Å². The lowest BCUT2D eigenvalue weighted by Gasteiger charge is -2.25. The number of carbonyl (C=O) groups is 1. The molecule has 1 aromatic carbocycles. The average Bonchev–Trinajstić information content (AvgIpc) is 2.40. The van der Waals surface area contributed by atoms with Gasteiger partial charge in [0.15, 0.2) is 0 Å². The normalized spacial score (nSPS) is 23.7. The van der Waals surface area contributed by atoms with Crippen LogP contribution in [-0.2, 0) is 11.2 Å². The first-order valence-corrected chi connectivity index (χ1v) is 6.84. The average molecular weight is 246 g/mol. The Bertz CT molecular complexity index is 386. The van der Waals surface area contributed by atoms with Gasteiger partial charge in [0.1, 0.15) is 11.5 Å². The molecule has 1 saturated carbocycles. The van der Waals surface area contributed by atoms with Crippen molar-refractivity contribution in [3.63, 3.8) is 0 Å². The zero-order chi connectivity index (χ0) is 13.0. The van der Waals surface area contributed by atoms with Crippen molar-refractivity contribution in [1.29, 1.82) is 0 Å². The minimum atomic E-state index is 0.295. The second-order valence-corrected chi connectivity index (χ2v) is 5.45. The van der Waals surface area contributed by atoms with Crippen molar-refractivity contribution in [2.75, 3.05) is 7.11 Å². The van der Waals surface area contributed by atoms with Gasteiger partial charge in [0.2, 0.25) is 0 Å². The fourth-order valence-electron chi connectivity index (χ4n) is 2.67. The molecule has 0 radical (unpaired) electrons. The van der Waals surface area contributed by atoms with E-state index in [1.54, 1.807) is 7.11 Å². The van der Waals surface area contributed by atoms with E-state index in [0.29, 0.717) is 18.1 Å². The molecular weight excluding hydrogens is 224 g/mol. The van der Waals surface area contributed by atoms with Crippen molar-refractivity contribution < 1.29 is 9.53 Å². The Morgan fingerprint density at radius 1 is 1.17 bits per heavy atom. The number of carbonyl (C=O) groups excluding carboxylic acids is 1. The molecule has 98 valence electrons. The van der Waals surface area contributed by atoms with Crippen molar-refractivity contribution in [1.82, 2.24) is 0 Å². The number of hydrogen-bond acceptors (Lipinski definition) is 2. The standard InChI is InChI=1S/C16H22O2/c1-12-3-7-14(8-4-12)16(17)11-13-5-9-15(18-2)10-6-13/h5-6,9-10,12,14H,3-4,7-8,11H2,1-2H3. The fourth-order valence-corrected chi connectivity index (χ4v) is 2.67. The third-order valence-electron chi connectivity index (χ3n) is 4.01. The zero-order valence-corrected chi connectivity index (χ0v) is 11.3. The van der Waals surface area contributed by atoms with Gasteiger partial charge in [-0.3, -0.25) is 4.79 Å². The van der Waals surface area contributed by atoms with Crippen LogP contribution in [0.4, 0.5) is 0 Å². The Hall–Kier alpha value is -1.31. The van der Waals surface area contributed by atoms with E-state index >= 15 is 0 Å². The Balaban J connectivity index is 1.90. The lowest BCUT2D eigenvalue weighted by Crippen LogP contribution is -2.22. The third-order valence-corrected chi connectivity index (χ3v) is 4.01. The minimum absolute atomic E-state index is 0.295. The van der Waals surface area contributed by atoms with Crippen LogP contribution in [0.2, 0.25) is 0 Å². The Kier molecular flexibility index (Phi) is 4.40. The van der Waals surface area contributed by atoms with Gasteiger partial charge in [0.05, 0.1) is 7.11 Å². The molecule has 0 saturated heterocycles. The molecular formula is C16H22O2. The number of hydrogen-bond donors (Lipinski definition) is 0. The van der Waals surface area contributed by atoms with Gasteiger partial charge in [-0.2, -0.15) is 0 Å². The first-order chi connectivity index (χ1) is 8.69. The molecule has 0 aromatic heterocycles. The van der Waals surface area contributed by atoms with E-state index in [1.807, 2.05) is 24.3 Å². The van der Waals surface area contributed by atoms with E-state index in [9.17, 15) is 4.79 Å². The molecule has 1 aromatic rings. The number of ether oxygens (including phenoxy) is 1. The summed E-state index contributed by atoms with van der Waals surface area (Å²) >= 11 is 0. The van der Waals surface area contributed by atoms with E-state index in [-0.39, 0.29) is 0 Å². The molecule has 18 heavy (non-hydrogen) atoms. The maximum absolute atomic E-state index is 12.2. The van der Waals surface area contributed by atoms with E-state index in [4.69, 9.17) is 4.74 Å². The SMILES string of the molecule is COc1ccc(CC(=O)C2CCC(C)CC2)cc1. The highest BCUT2D eigenvalue weighted by atomic mass is 16.5. The van der Waals surface area contributed by atoms with Crippen molar-refractivity contribution in [3.8, 4) is 5.75 Å². The largest absolute Gasteiger partial charge is 0.497 e. The van der Waals surface area contributed by atoms with Crippen molar-refractivity contribution in [3.05, 3.63) is 29.8 Å². The summed E-state index contributed by atoms with van der Waals surface area (Å²) < 4.78 is 5.12. The molecule has 2 rings (SSSR count). The molecule has 1 aliphatic carbocycles. The summed E-state index contributed by atoms with van der Waals surface area (Å²) in [5.74, 6) is 2.35. The molecule has 0 unspecified atom stereocenters. The predicted molar refractivity (Wildman–Crippen MR) is 72.8 cm³/mol. The van der Waals surface area contributed by atoms with Crippen LogP contribution in [0, 0.1) is 11.8 Å². The van der Waals surface area contributed by atoms with E-state index in [1.165, 1.54) is 12.8 Å². The van der Waals surface area contributed by atoms with Crippen LogP contribution in [0.3, 0.4) is 0 Å². The van der Waals surface area contributed by atoms with Crippen LogP contribution in [0.15, 0.2) is 24.3 Å². The van der Waals surface area contributed by atoms with E-state index < -0.39 is 0 Å². The Morgan fingerprint density at radius 2 is 1.78 bits per heavy atom. The quantitative estimate of drug-likeness (QED) is 0.811. The maximum atomic E-state index is 12.2. The van der Waals surface area contributed by atoms with Gasteiger partial charge in [0, 0.05) is 12.3 Å². The smallest absolute Gasteiger partial charge is 0.140 e. The lowest BCUT2D eigenvalue weighted by atomic mass is 9.80. The van der Waals surface area contributed by atoms with E-state index in [2.05, 4.69) is 6.92 Å². The Morgan fingerprint density at radius 3 is 2.33 bits per heavy atom. The molecule has 0 N–H and O–H groups in total. The molecule has 0 atom stereocenters. The van der Waals surface area contributed by atoms with Gasteiger partial charge in [-0.15, -0.1) is 0 Å². The van der Waals surface area contributed by atoms with Crippen LogP contribution in [-0.4, -0.2) is 12.9 Å². The van der Waals surface area contributed by atoms with Crippen molar-refractivity contribution in [2.45, 2.75) is 39.0 Å². The fraction of sp³-hybridized carbons (Fsp3) is 0.562. The summed E-state index contributed by atoms with van der Waals surface area (Å²) in [5, 5.41) is 0. The number of methoxy groups -OCH3 is 1. The molecule has 0 bridgehead atoms. The second-order valence-electron chi connectivity index (χ2n) is 5.45. The summed E-state index contributed by atoms with van der Waals surface area (Å²) in [4.78, 5) is 12.2. The van der Waals surface area contributed by atoms with Gasteiger partial charge in [-0.05, 0) is 36.5 Å². The summed E-state index contributed by atoms with van der Waals surface area (Å²) in [5.41, 5.74) is 1.10. The van der Waals surface area contributed by atoms with Gasteiger partial charge in [-0.1, -0.05) is 31.9 Å². The topological polar surface area (TPSA) is 26.3 Å². The highest BCUT2D eigenvalue weighted by molar-refractivity contribution is 5.83. The molecule has 0 amide bonds. The maximum Gasteiger partial charge on any atom is 0.140 e. The summed E-state index contributed by atoms with van der Waals surface area (Å²) in [6.07, 6.45) is 5.15. The first-order valence-electron chi connectivity index (χ1n) is 6.84. The van der Waals surface area contributed by atoms with Crippen molar-refractivity contribution in [2.24, 2.45) is 11.8 Å². The molecule has 1 aliphatic rings. The van der Waals surface area contributed by atoms with Crippen LogP contribution in [0.1, 0.15) is 38.2 Å². The monoisotopic (exact) mass is 246 g/mol. The summed E-state index contributed by atoms with van der Waals surface area (Å²) in [7, 11) is 1.66. The van der Waals surface area contributed by atoms with Gasteiger partial charge in [0.25, 0.3) is 0 Å². The molecule has 1 fully saturated rings. The van der Waals surface area contributed by atoms with Crippen LogP contribution >= 0.6 is 0 Å². The van der Waals surface area contributed by atoms with Crippen LogP contribution < -0.4 is 4.74 Å². The molecule has 0 spiro atoms. The Labute approximate surface area is 109 Å². The molecule has 2 nitrogen and oxygen atoms in total. The molecule has 0 aliphatic heterocycles. The highest BCUT2D eigenvalue weighted by Gasteiger charge is 2.23. The number of benzene rings is 1. The first kappa shape index (κ1) is 13.1. The number of ketones is 1. The zero-order valence-electron chi connectivity index (χ0n) is 11.3. The van der Waals surface area contributed by atoms with Crippen molar-refractivity contribution >= 4 is 5.78 Å². The summed E-state index contributed by atoms with van der Waals surface area (Å²) in [6.45, 7) is 2.28. The minimum Gasteiger partial charge on any atom is -0.497 e. The van der Waals surface area contributed by atoms with E-state index in [0.717, 1.165) is 30.1 Å².